The molecule has 0 bridgehead atoms. The average molecular weight is 392 g/mol. The number of hydrogen-bond donors (Lipinski definition) is 2. The lowest BCUT2D eigenvalue weighted by atomic mass is 9.90. The molecule has 1 fully saturated rings. The Morgan fingerprint density at radius 2 is 1.85 bits per heavy atom. The van der Waals surface area contributed by atoms with Crippen molar-refractivity contribution in [1.29, 1.82) is 0 Å². The van der Waals surface area contributed by atoms with Crippen LogP contribution in [0.5, 0.6) is 0 Å². The Bertz CT molecular complexity index is 720. The van der Waals surface area contributed by atoms with Gasteiger partial charge in [0, 0.05) is 29.8 Å². The fraction of sp³-hybridized carbons (Fsp3) is 0.650. The molecule has 3 amide bonds. The van der Waals surface area contributed by atoms with Crippen molar-refractivity contribution in [2.24, 2.45) is 17.8 Å². The molecule has 1 atom stereocenters. The number of likely N-dealkylation sites (tertiary alicyclic amines) is 1. The van der Waals surface area contributed by atoms with Gasteiger partial charge in [0.05, 0.1) is 4.88 Å². The molecular formula is C20H29N3O3S. The van der Waals surface area contributed by atoms with E-state index < -0.39 is 0 Å². The van der Waals surface area contributed by atoms with Crippen LogP contribution in [-0.2, 0) is 22.4 Å². The summed E-state index contributed by atoms with van der Waals surface area (Å²) < 4.78 is 0. The molecule has 1 aliphatic carbocycles. The van der Waals surface area contributed by atoms with E-state index in [9.17, 15) is 14.4 Å². The fourth-order valence-corrected chi connectivity index (χ4v) is 4.93. The van der Waals surface area contributed by atoms with Gasteiger partial charge in [0.25, 0.3) is 5.91 Å². The first-order valence-electron chi connectivity index (χ1n) is 9.85. The Balaban J connectivity index is 1.47. The number of hydrogen-bond acceptors (Lipinski definition) is 4. The van der Waals surface area contributed by atoms with Crippen molar-refractivity contribution in [3.05, 3.63) is 21.4 Å². The number of aryl methyl sites for hydroxylation is 1. The topological polar surface area (TPSA) is 78.5 Å². The quantitative estimate of drug-likeness (QED) is 0.777. The maximum absolute atomic E-state index is 12.4. The number of nitrogens with zero attached hydrogens (tertiary/aromatic N) is 1. The molecule has 0 spiro atoms. The van der Waals surface area contributed by atoms with E-state index in [0.29, 0.717) is 36.7 Å². The molecule has 1 aromatic rings. The fourth-order valence-electron chi connectivity index (χ4n) is 3.83. The highest BCUT2D eigenvalue weighted by Crippen LogP contribution is 2.32. The van der Waals surface area contributed by atoms with Crippen molar-refractivity contribution in [1.82, 2.24) is 15.8 Å². The summed E-state index contributed by atoms with van der Waals surface area (Å²) >= 11 is 1.53. The molecule has 1 unspecified atom stereocenters. The summed E-state index contributed by atoms with van der Waals surface area (Å²) in [5, 5.41) is 0. The first-order chi connectivity index (χ1) is 12.8. The van der Waals surface area contributed by atoms with Gasteiger partial charge in [-0.2, -0.15) is 0 Å². The van der Waals surface area contributed by atoms with E-state index in [4.69, 9.17) is 0 Å². The summed E-state index contributed by atoms with van der Waals surface area (Å²) in [6.45, 7) is 7.21. The molecule has 1 saturated heterocycles. The predicted octanol–water partition coefficient (Wildman–Crippen LogP) is 2.53. The lowest BCUT2D eigenvalue weighted by molar-refractivity contribution is -0.138. The van der Waals surface area contributed by atoms with Gasteiger partial charge in [-0.15, -0.1) is 11.3 Å². The van der Waals surface area contributed by atoms with Gasteiger partial charge in [0.2, 0.25) is 11.8 Å². The van der Waals surface area contributed by atoms with Crippen LogP contribution in [0.3, 0.4) is 0 Å². The number of carbonyl (C=O) groups is 3. The number of rotatable bonds is 3. The van der Waals surface area contributed by atoms with Crippen LogP contribution in [0.15, 0.2) is 6.07 Å². The lowest BCUT2D eigenvalue weighted by Gasteiger charge is -2.32. The monoisotopic (exact) mass is 391 g/mol. The molecule has 0 saturated carbocycles. The van der Waals surface area contributed by atoms with Crippen LogP contribution in [0.1, 0.15) is 60.1 Å². The molecule has 7 heteroatoms. The Kier molecular flexibility index (Phi) is 6.19. The number of nitrogens with one attached hydrogen (secondary N) is 2. The van der Waals surface area contributed by atoms with E-state index in [2.05, 4.69) is 17.8 Å². The van der Waals surface area contributed by atoms with Gasteiger partial charge in [-0.3, -0.25) is 25.2 Å². The highest BCUT2D eigenvalue weighted by atomic mass is 32.1. The van der Waals surface area contributed by atoms with Crippen LogP contribution < -0.4 is 10.9 Å². The van der Waals surface area contributed by atoms with E-state index in [1.165, 1.54) is 28.2 Å². The van der Waals surface area contributed by atoms with Crippen LogP contribution >= 0.6 is 11.3 Å². The largest absolute Gasteiger partial charge is 0.342 e. The van der Waals surface area contributed by atoms with E-state index in [-0.39, 0.29) is 29.6 Å². The van der Waals surface area contributed by atoms with Crippen LogP contribution in [0.4, 0.5) is 0 Å². The molecule has 0 aromatic carbocycles. The van der Waals surface area contributed by atoms with Gasteiger partial charge in [-0.25, -0.2) is 0 Å². The van der Waals surface area contributed by atoms with Gasteiger partial charge in [0.15, 0.2) is 0 Å². The van der Waals surface area contributed by atoms with E-state index >= 15 is 0 Å². The third-order valence-electron chi connectivity index (χ3n) is 5.52. The summed E-state index contributed by atoms with van der Waals surface area (Å²) in [5.41, 5.74) is 6.41. The normalized spacial score (nSPS) is 20.3. The lowest BCUT2D eigenvalue weighted by Crippen LogP contribution is -2.48. The van der Waals surface area contributed by atoms with Crippen molar-refractivity contribution >= 4 is 29.1 Å². The zero-order valence-corrected chi connectivity index (χ0v) is 17.2. The molecule has 2 heterocycles. The molecule has 2 aliphatic rings. The van der Waals surface area contributed by atoms with Gasteiger partial charge in [0.1, 0.15) is 0 Å². The van der Waals surface area contributed by atoms with Crippen molar-refractivity contribution in [3.8, 4) is 0 Å². The molecule has 1 aromatic heterocycles. The number of thiophene rings is 1. The third-order valence-corrected chi connectivity index (χ3v) is 6.76. The molecular weight excluding hydrogens is 362 g/mol. The van der Waals surface area contributed by atoms with Gasteiger partial charge in [-0.05, 0) is 49.7 Å². The highest BCUT2D eigenvalue weighted by molar-refractivity contribution is 7.14. The SMILES string of the molecule is CC1CCc2sc(C(=O)NNC(=O)C3CCN(C(=O)C(C)C)CC3)cc2C1. The molecule has 148 valence electrons. The first kappa shape index (κ1) is 19.9. The van der Waals surface area contributed by atoms with Gasteiger partial charge >= 0.3 is 0 Å². The molecule has 2 N–H and O–H groups in total. The standard InChI is InChI=1S/C20H29N3O3S/c1-12(2)20(26)23-8-6-14(7-9-23)18(24)21-22-19(25)17-11-15-10-13(3)4-5-16(15)27-17/h11-14H,4-10H2,1-3H3,(H,21,24)(H,22,25). The summed E-state index contributed by atoms with van der Waals surface area (Å²) in [4.78, 5) is 40.5. The van der Waals surface area contributed by atoms with Crippen molar-refractivity contribution in [3.63, 3.8) is 0 Å². The molecule has 1 aliphatic heterocycles. The minimum absolute atomic E-state index is 0.0192. The van der Waals surface area contributed by atoms with E-state index in [1.807, 2.05) is 24.8 Å². The van der Waals surface area contributed by atoms with Crippen LogP contribution in [0.25, 0.3) is 0 Å². The second-order valence-electron chi connectivity index (χ2n) is 8.10. The molecule has 3 rings (SSSR count). The smallest absolute Gasteiger partial charge is 0.279 e. The number of hydrazine groups is 1. The van der Waals surface area contributed by atoms with Crippen LogP contribution in [0.2, 0.25) is 0 Å². The van der Waals surface area contributed by atoms with E-state index in [1.54, 1.807) is 0 Å². The van der Waals surface area contributed by atoms with Crippen molar-refractivity contribution in [2.75, 3.05) is 13.1 Å². The zero-order chi connectivity index (χ0) is 19.6. The maximum Gasteiger partial charge on any atom is 0.279 e. The second kappa shape index (κ2) is 8.42. The third kappa shape index (κ3) is 4.69. The van der Waals surface area contributed by atoms with Gasteiger partial charge < -0.3 is 4.90 Å². The molecule has 6 nitrogen and oxygen atoms in total. The predicted molar refractivity (Wildman–Crippen MR) is 105 cm³/mol. The second-order valence-corrected chi connectivity index (χ2v) is 9.24. The van der Waals surface area contributed by atoms with Crippen LogP contribution in [0, 0.1) is 17.8 Å². The van der Waals surface area contributed by atoms with Crippen molar-refractivity contribution in [2.45, 2.75) is 52.9 Å². The van der Waals surface area contributed by atoms with Crippen molar-refractivity contribution < 1.29 is 14.4 Å². The molecule has 0 radical (unpaired) electrons. The first-order valence-corrected chi connectivity index (χ1v) is 10.7. The Labute approximate surface area is 164 Å². The van der Waals surface area contributed by atoms with Crippen LogP contribution in [-0.4, -0.2) is 35.7 Å². The maximum atomic E-state index is 12.4. The highest BCUT2D eigenvalue weighted by Gasteiger charge is 2.28. The summed E-state index contributed by atoms with van der Waals surface area (Å²) in [5.74, 6) is 0.195. The van der Waals surface area contributed by atoms with Gasteiger partial charge in [-0.1, -0.05) is 20.8 Å². The summed E-state index contributed by atoms with van der Waals surface area (Å²) in [7, 11) is 0. The number of amides is 3. The number of carbonyl (C=O) groups excluding carboxylic acids is 3. The number of fused-ring (bicyclic) bond motifs is 1. The minimum atomic E-state index is -0.247. The average Bonchev–Trinajstić information content (AvgIpc) is 3.08. The Morgan fingerprint density at radius 3 is 2.52 bits per heavy atom. The minimum Gasteiger partial charge on any atom is -0.342 e. The Hall–Kier alpha value is -1.89. The van der Waals surface area contributed by atoms with E-state index in [0.717, 1.165) is 12.8 Å². The Morgan fingerprint density at radius 1 is 1.15 bits per heavy atom. The summed E-state index contributed by atoms with van der Waals surface area (Å²) in [6, 6.07) is 1.97. The molecule has 27 heavy (non-hydrogen) atoms. The number of piperidine rings is 1. The summed E-state index contributed by atoms with van der Waals surface area (Å²) in [6.07, 6.45) is 4.49. The zero-order valence-electron chi connectivity index (χ0n) is 16.3.